The number of rotatable bonds is 1. The fourth-order valence-corrected chi connectivity index (χ4v) is 2.50. The third-order valence-corrected chi connectivity index (χ3v) is 3.43. The van der Waals surface area contributed by atoms with Gasteiger partial charge in [0.2, 0.25) is 0 Å². The number of hydrogen-bond acceptors (Lipinski definition) is 4. The van der Waals surface area contributed by atoms with E-state index >= 15 is 0 Å². The van der Waals surface area contributed by atoms with E-state index in [0.717, 1.165) is 12.2 Å². The highest BCUT2D eigenvalue weighted by Gasteiger charge is 2.34. The van der Waals surface area contributed by atoms with Gasteiger partial charge in [0.25, 0.3) is 0 Å². The molecule has 0 aliphatic carbocycles. The molecule has 0 saturated carbocycles. The topological polar surface area (TPSA) is 59.3 Å². The first-order valence-corrected chi connectivity index (χ1v) is 6.54. The van der Waals surface area contributed by atoms with Gasteiger partial charge in [-0.2, -0.15) is 5.26 Å². The number of aliphatic hydroxyl groups is 1. The predicted octanol–water partition coefficient (Wildman–Crippen LogP) is 1.50. The van der Waals surface area contributed by atoms with Crippen LogP contribution in [0.15, 0.2) is 24.3 Å². The van der Waals surface area contributed by atoms with Crippen molar-refractivity contribution >= 4 is 5.69 Å². The molecule has 1 fully saturated rings. The number of nitrogens with one attached hydrogen (secondary N) is 1. The van der Waals surface area contributed by atoms with E-state index in [9.17, 15) is 10.4 Å². The number of nitrogens with zero attached hydrogens (tertiary/aromatic N) is 2. The second kappa shape index (κ2) is 4.84. The first kappa shape index (κ1) is 13.9. The van der Waals surface area contributed by atoms with Gasteiger partial charge in [0.1, 0.15) is 6.07 Å². The van der Waals surface area contributed by atoms with Crippen LogP contribution in [0.3, 0.4) is 0 Å². The smallest absolute Gasteiger partial charge is 0.101 e. The van der Waals surface area contributed by atoms with Crippen molar-refractivity contribution in [2.45, 2.75) is 31.9 Å². The minimum Gasteiger partial charge on any atom is -0.387 e. The number of hydrogen-bond donors (Lipinski definition) is 2. The van der Waals surface area contributed by atoms with Crippen molar-refractivity contribution in [3.05, 3.63) is 29.8 Å². The lowest BCUT2D eigenvalue weighted by atomic mass is 10.0. The van der Waals surface area contributed by atoms with Crippen LogP contribution >= 0.6 is 0 Å². The lowest BCUT2D eigenvalue weighted by molar-refractivity contribution is 0.0696. The highest BCUT2D eigenvalue weighted by molar-refractivity contribution is 5.59. The van der Waals surface area contributed by atoms with Gasteiger partial charge in [-0.3, -0.25) is 0 Å². The molecule has 4 nitrogen and oxygen atoms in total. The lowest BCUT2D eigenvalue weighted by Gasteiger charge is -2.32. The fourth-order valence-electron chi connectivity index (χ4n) is 2.50. The van der Waals surface area contributed by atoms with Crippen molar-refractivity contribution < 1.29 is 5.11 Å². The van der Waals surface area contributed by atoms with Gasteiger partial charge in [-0.15, -0.1) is 0 Å². The van der Waals surface area contributed by atoms with E-state index in [-0.39, 0.29) is 5.54 Å². The van der Waals surface area contributed by atoms with Crippen LogP contribution < -0.4 is 10.2 Å². The molecule has 1 aliphatic heterocycles. The summed E-state index contributed by atoms with van der Waals surface area (Å²) in [5, 5.41) is 23.0. The molecular weight excluding hydrogens is 238 g/mol. The van der Waals surface area contributed by atoms with E-state index < -0.39 is 5.60 Å². The summed E-state index contributed by atoms with van der Waals surface area (Å²) in [6, 6.07) is 9.77. The van der Waals surface area contributed by atoms with Crippen LogP contribution in [0.4, 0.5) is 5.69 Å². The molecule has 0 bridgehead atoms. The number of benzene rings is 1. The Hall–Kier alpha value is -1.57. The Bertz CT molecular complexity index is 484. The molecule has 1 unspecified atom stereocenters. The van der Waals surface area contributed by atoms with Gasteiger partial charge in [0.15, 0.2) is 0 Å². The normalized spacial score (nSPS) is 26.6. The Morgan fingerprint density at radius 2 is 1.95 bits per heavy atom. The zero-order valence-electron chi connectivity index (χ0n) is 11.8. The van der Waals surface area contributed by atoms with Gasteiger partial charge in [-0.05, 0) is 32.9 Å². The molecule has 1 aromatic rings. The van der Waals surface area contributed by atoms with E-state index in [1.165, 1.54) is 0 Å². The third kappa shape index (κ3) is 3.25. The number of anilines is 1. The van der Waals surface area contributed by atoms with Crippen molar-refractivity contribution in [3.63, 3.8) is 0 Å². The summed E-state index contributed by atoms with van der Waals surface area (Å²) in [7, 11) is 0. The summed E-state index contributed by atoms with van der Waals surface area (Å²) in [6.45, 7) is 7.85. The highest BCUT2D eigenvalue weighted by atomic mass is 16.3. The maximum Gasteiger partial charge on any atom is 0.101 e. The number of β-amino-alcohol motifs (C(OH)–C–C–N with tert-alkyl or cyclic N) is 1. The summed E-state index contributed by atoms with van der Waals surface area (Å²) >= 11 is 0. The Morgan fingerprint density at radius 3 is 2.63 bits per heavy atom. The van der Waals surface area contributed by atoms with Gasteiger partial charge in [0.05, 0.1) is 16.9 Å². The summed E-state index contributed by atoms with van der Waals surface area (Å²) in [5.74, 6) is 0. The molecule has 0 amide bonds. The second-order valence-corrected chi connectivity index (χ2v) is 6.22. The van der Waals surface area contributed by atoms with Gasteiger partial charge in [-0.25, -0.2) is 0 Å². The molecule has 1 aromatic carbocycles. The van der Waals surface area contributed by atoms with Gasteiger partial charge in [0, 0.05) is 25.2 Å². The lowest BCUT2D eigenvalue weighted by Crippen LogP contribution is -2.47. The first-order chi connectivity index (χ1) is 8.83. The molecule has 1 aliphatic rings. The van der Waals surface area contributed by atoms with E-state index in [1.807, 2.05) is 31.2 Å². The zero-order valence-corrected chi connectivity index (χ0v) is 11.8. The molecule has 0 radical (unpaired) electrons. The van der Waals surface area contributed by atoms with Crippen molar-refractivity contribution in [2.75, 3.05) is 24.5 Å². The molecule has 0 aromatic heterocycles. The van der Waals surface area contributed by atoms with Crippen molar-refractivity contribution in [3.8, 4) is 6.07 Å². The van der Waals surface area contributed by atoms with Gasteiger partial charge >= 0.3 is 0 Å². The predicted molar refractivity (Wildman–Crippen MR) is 76.1 cm³/mol. The molecule has 2 N–H and O–H groups in total. The average molecular weight is 259 g/mol. The molecule has 1 heterocycles. The van der Waals surface area contributed by atoms with Crippen LogP contribution in [0, 0.1) is 11.3 Å². The molecule has 2 rings (SSSR count). The van der Waals surface area contributed by atoms with E-state index in [2.05, 4.69) is 30.1 Å². The monoisotopic (exact) mass is 259 g/mol. The van der Waals surface area contributed by atoms with Crippen LogP contribution in [-0.2, 0) is 0 Å². The van der Waals surface area contributed by atoms with Crippen LogP contribution in [0.2, 0.25) is 0 Å². The summed E-state index contributed by atoms with van der Waals surface area (Å²) < 4.78 is 0. The largest absolute Gasteiger partial charge is 0.387 e. The number of para-hydroxylation sites is 1. The van der Waals surface area contributed by atoms with E-state index in [0.29, 0.717) is 18.7 Å². The molecule has 1 atom stereocenters. The Kier molecular flexibility index (Phi) is 3.53. The van der Waals surface area contributed by atoms with Crippen molar-refractivity contribution in [1.29, 1.82) is 5.26 Å². The highest BCUT2D eigenvalue weighted by Crippen LogP contribution is 2.26. The average Bonchev–Trinajstić information content (AvgIpc) is 2.46. The summed E-state index contributed by atoms with van der Waals surface area (Å²) in [6.07, 6.45) is 0. The Labute approximate surface area is 114 Å². The van der Waals surface area contributed by atoms with Gasteiger partial charge in [-0.1, -0.05) is 12.1 Å². The minimum absolute atomic E-state index is 0.108. The van der Waals surface area contributed by atoms with Crippen molar-refractivity contribution in [1.82, 2.24) is 5.32 Å². The summed E-state index contributed by atoms with van der Waals surface area (Å²) in [5.41, 5.74) is 0.623. The summed E-state index contributed by atoms with van der Waals surface area (Å²) in [4.78, 5) is 2.10. The maximum absolute atomic E-state index is 10.4. The van der Waals surface area contributed by atoms with Crippen LogP contribution in [0.25, 0.3) is 0 Å². The van der Waals surface area contributed by atoms with E-state index in [4.69, 9.17) is 0 Å². The quantitative estimate of drug-likeness (QED) is 0.802. The SMILES string of the molecule is CC1(O)CNC(C)(C)CN(c2ccccc2C#N)C1. The first-order valence-electron chi connectivity index (χ1n) is 6.54. The molecular formula is C15H21N3O. The molecule has 4 heteroatoms. The Morgan fingerprint density at radius 1 is 1.26 bits per heavy atom. The maximum atomic E-state index is 10.4. The van der Waals surface area contributed by atoms with E-state index in [1.54, 1.807) is 0 Å². The molecule has 1 saturated heterocycles. The van der Waals surface area contributed by atoms with Crippen molar-refractivity contribution in [2.24, 2.45) is 0 Å². The minimum atomic E-state index is -0.809. The van der Waals surface area contributed by atoms with Gasteiger partial charge < -0.3 is 15.3 Å². The fraction of sp³-hybridized carbons (Fsp3) is 0.533. The standard InChI is InChI=1S/C15H21N3O/c1-14(2)10-18(11-15(3,19)9-17-14)13-7-5-4-6-12(13)8-16/h4-7,17,19H,9-11H2,1-3H3. The number of nitriles is 1. The molecule has 102 valence electrons. The molecule has 0 spiro atoms. The molecule has 19 heavy (non-hydrogen) atoms. The van der Waals surface area contributed by atoms with Crippen LogP contribution in [0.1, 0.15) is 26.3 Å². The Balaban J connectivity index is 2.38. The van der Waals surface area contributed by atoms with Crippen LogP contribution in [0.5, 0.6) is 0 Å². The van der Waals surface area contributed by atoms with Crippen LogP contribution in [-0.4, -0.2) is 35.9 Å². The zero-order chi connectivity index (χ0) is 14.1. The third-order valence-electron chi connectivity index (χ3n) is 3.43. The second-order valence-electron chi connectivity index (χ2n) is 6.22.